The van der Waals surface area contributed by atoms with Crippen LogP contribution in [0.25, 0.3) is 0 Å². The standard InChI is InChI=1S/C50H85N3O16P2/c1-3-5-7-8-9-10-11-12-13-14-17-21-24-27-31-35-46(56)67-42(38-64-45(55)34-30-26-23-20-18-15-16-19-22-25-29-33-41(54)32-28-6-4-2)39-65-70(60,61)69-71(62,63)66-40-43-47(57)48(58)49(68-43)53-37-36-44(51)52-50(53)59/h15-16,20,22-23,25,29,33,36-37,41-43,47-49,54,57-58H,3-14,17-19,21,24,26-28,30-32,34-35,38-40H2,1-2H3,(H,60,61)(H,62,63)(H2,51,52,59)/b16-15-,23-20-,25-22-,33-29+/t41-,42-,43-,47-,48-,49-/m1/s1. The summed E-state index contributed by atoms with van der Waals surface area (Å²) in [6.07, 6.45) is 32.3. The summed E-state index contributed by atoms with van der Waals surface area (Å²) >= 11 is 0. The number of aliphatic hydroxyl groups excluding tert-OH is 3. The number of nitrogens with zero attached hydrogens (tertiary/aromatic N) is 2. The minimum Gasteiger partial charge on any atom is -0.462 e. The molecule has 1 saturated heterocycles. The summed E-state index contributed by atoms with van der Waals surface area (Å²) in [6.45, 7) is 1.98. The van der Waals surface area contributed by atoms with E-state index in [1.165, 1.54) is 70.3 Å². The summed E-state index contributed by atoms with van der Waals surface area (Å²) in [6, 6.07) is 1.24. The molecule has 8 atom stereocenters. The second-order valence-corrected chi connectivity index (χ2v) is 20.9. The molecule has 71 heavy (non-hydrogen) atoms. The molecular weight excluding hydrogens is 961 g/mol. The van der Waals surface area contributed by atoms with Gasteiger partial charge in [-0.25, -0.2) is 13.9 Å². The molecule has 0 radical (unpaired) electrons. The number of hydrogen-bond donors (Lipinski definition) is 6. The molecule has 1 aromatic rings. The van der Waals surface area contributed by atoms with E-state index in [1.54, 1.807) is 6.08 Å². The van der Waals surface area contributed by atoms with Crippen molar-refractivity contribution in [1.29, 1.82) is 0 Å². The topological polar surface area (TPSA) is 286 Å². The number of phosphoric ester groups is 2. The summed E-state index contributed by atoms with van der Waals surface area (Å²) < 4.78 is 56.7. The SMILES string of the molecule is CCCCCCCCCCCCCCCCCC(=O)O[C@H](COC(=O)CCC/C=C\C/C=C\C/C=C\C=C\[C@H](O)CCCCC)COP(=O)(O)OP(=O)(O)OC[C@H]1O[C@@H](n2ccc(N)nc2=O)[C@H](O)[C@@H]1O. The van der Waals surface area contributed by atoms with E-state index in [0.717, 1.165) is 68.6 Å². The van der Waals surface area contributed by atoms with Crippen molar-refractivity contribution in [3.8, 4) is 0 Å². The lowest BCUT2D eigenvalue weighted by Crippen LogP contribution is -2.36. The molecule has 21 heteroatoms. The smallest absolute Gasteiger partial charge is 0.462 e. The molecule has 1 aliphatic heterocycles. The van der Waals surface area contributed by atoms with Crippen LogP contribution in [-0.2, 0) is 46.3 Å². The molecule has 2 rings (SSSR count). The lowest BCUT2D eigenvalue weighted by molar-refractivity contribution is -0.161. The highest BCUT2D eigenvalue weighted by Crippen LogP contribution is 2.60. The Labute approximate surface area is 421 Å². The van der Waals surface area contributed by atoms with Gasteiger partial charge in [-0.2, -0.15) is 9.29 Å². The van der Waals surface area contributed by atoms with Crippen molar-refractivity contribution >= 4 is 33.4 Å². The number of aliphatic hydroxyl groups is 3. The number of allylic oxidation sites excluding steroid dienone is 7. The van der Waals surface area contributed by atoms with Crippen molar-refractivity contribution in [3.63, 3.8) is 0 Å². The molecule has 19 nitrogen and oxygen atoms in total. The zero-order valence-corrected chi connectivity index (χ0v) is 43.9. The monoisotopic (exact) mass is 1050 g/mol. The highest BCUT2D eigenvalue weighted by atomic mass is 31.3. The normalized spacial score (nSPS) is 20.0. The maximum Gasteiger partial charge on any atom is 0.481 e. The molecule has 406 valence electrons. The second kappa shape index (κ2) is 38.3. The van der Waals surface area contributed by atoms with E-state index < -0.39 is 89.8 Å². The molecule has 0 spiro atoms. The second-order valence-electron chi connectivity index (χ2n) is 17.9. The van der Waals surface area contributed by atoms with E-state index in [2.05, 4.69) is 23.1 Å². The Bertz CT molecular complexity index is 1890. The predicted octanol–water partition coefficient (Wildman–Crippen LogP) is 9.53. The van der Waals surface area contributed by atoms with Gasteiger partial charge in [0.15, 0.2) is 12.3 Å². The first-order valence-electron chi connectivity index (χ1n) is 25.8. The van der Waals surface area contributed by atoms with Crippen molar-refractivity contribution in [2.45, 2.75) is 211 Å². The maximum atomic E-state index is 12.9. The van der Waals surface area contributed by atoms with Gasteiger partial charge in [-0.1, -0.05) is 172 Å². The number of hydrogen-bond acceptors (Lipinski definition) is 16. The van der Waals surface area contributed by atoms with Gasteiger partial charge in [0.25, 0.3) is 0 Å². The number of rotatable bonds is 42. The van der Waals surface area contributed by atoms with Crippen LogP contribution in [-0.4, -0.2) is 96.9 Å². The molecule has 7 N–H and O–H groups in total. The van der Waals surface area contributed by atoms with E-state index in [9.17, 15) is 48.6 Å². The van der Waals surface area contributed by atoms with Gasteiger partial charge in [0.2, 0.25) is 0 Å². The van der Waals surface area contributed by atoms with Crippen LogP contribution >= 0.6 is 15.6 Å². The number of carbonyl (C=O) groups excluding carboxylic acids is 2. The molecule has 1 aliphatic rings. The lowest BCUT2D eigenvalue weighted by Gasteiger charge is -2.21. The minimum absolute atomic E-state index is 0.0314. The molecule has 1 fully saturated rings. The van der Waals surface area contributed by atoms with Crippen LogP contribution in [0.5, 0.6) is 0 Å². The van der Waals surface area contributed by atoms with Gasteiger partial charge in [-0.05, 0) is 44.6 Å². The molecule has 0 aliphatic carbocycles. The van der Waals surface area contributed by atoms with Gasteiger partial charge >= 0.3 is 33.3 Å². The van der Waals surface area contributed by atoms with Crippen LogP contribution in [0, 0.1) is 0 Å². The molecule has 2 heterocycles. The Morgan fingerprint density at radius 1 is 0.746 bits per heavy atom. The summed E-state index contributed by atoms with van der Waals surface area (Å²) in [5, 5.41) is 30.8. The summed E-state index contributed by atoms with van der Waals surface area (Å²) in [5.74, 6) is -1.39. The number of carbonyl (C=O) groups is 2. The Hall–Kier alpha value is -3.32. The van der Waals surface area contributed by atoms with E-state index in [-0.39, 0.29) is 18.7 Å². The lowest BCUT2D eigenvalue weighted by atomic mass is 10.0. The van der Waals surface area contributed by atoms with E-state index in [4.69, 9.17) is 29.0 Å². The van der Waals surface area contributed by atoms with Gasteiger partial charge < -0.3 is 45.1 Å². The Kier molecular flexibility index (Phi) is 34.4. The van der Waals surface area contributed by atoms with Crippen molar-refractivity contribution in [2.75, 3.05) is 25.6 Å². The fourth-order valence-corrected chi connectivity index (χ4v) is 9.59. The van der Waals surface area contributed by atoms with Crippen LogP contribution in [0.15, 0.2) is 65.7 Å². The third-order valence-corrected chi connectivity index (χ3v) is 14.1. The Balaban J connectivity index is 1.83. The first kappa shape index (κ1) is 63.8. The summed E-state index contributed by atoms with van der Waals surface area (Å²) in [5.41, 5.74) is 4.58. The Morgan fingerprint density at radius 3 is 1.94 bits per heavy atom. The first-order valence-corrected chi connectivity index (χ1v) is 28.7. The van der Waals surface area contributed by atoms with Crippen LogP contribution in [0.3, 0.4) is 0 Å². The molecule has 0 bridgehead atoms. The largest absolute Gasteiger partial charge is 0.481 e. The predicted molar refractivity (Wildman–Crippen MR) is 272 cm³/mol. The van der Waals surface area contributed by atoms with Crippen molar-refractivity contribution < 1.29 is 71.4 Å². The number of nitrogens with two attached hydrogens (primary N) is 1. The van der Waals surface area contributed by atoms with E-state index in [1.807, 2.05) is 42.5 Å². The average Bonchev–Trinajstić information content (AvgIpc) is 3.60. The van der Waals surface area contributed by atoms with Crippen LogP contribution in [0.2, 0.25) is 0 Å². The third-order valence-electron chi connectivity index (χ3n) is 11.5. The van der Waals surface area contributed by atoms with Crippen molar-refractivity contribution in [1.82, 2.24) is 9.55 Å². The zero-order valence-electron chi connectivity index (χ0n) is 42.1. The number of anilines is 1. The average molecular weight is 1050 g/mol. The molecule has 2 unspecified atom stereocenters. The van der Waals surface area contributed by atoms with Gasteiger partial charge in [0.1, 0.15) is 30.7 Å². The minimum atomic E-state index is -5.44. The van der Waals surface area contributed by atoms with Gasteiger partial charge in [-0.3, -0.25) is 23.2 Å². The highest BCUT2D eigenvalue weighted by Gasteiger charge is 2.46. The van der Waals surface area contributed by atoms with Gasteiger partial charge in [0.05, 0.1) is 19.3 Å². The van der Waals surface area contributed by atoms with Crippen molar-refractivity contribution in [2.24, 2.45) is 0 Å². The van der Waals surface area contributed by atoms with Crippen LogP contribution in [0.4, 0.5) is 5.82 Å². The van der Waals surface area contributed by atoms with Crippen molar-refractivity contribution in [3.05, 3.63) is 71.4 Å². The molecule has 0 amide bonds. The molecule has 1 aromatic heterocycles. The fraction of sp³-hybridized carbons (Fsp3) is 0.720. The fourth-order valence-electron chi connectivity index (χ4n) is 7.48. The first-order chi connectivity index (χ1) is 34.1. The highest BCUT2D eigenvalue weighted by molar-refractivity contribution is 7.61. The number of phosphoric acid groups is 2. The maximum absolute atomic E-state index is 12.9. The third kappa shape index (κ3) is 31.1. The van der Waals surface area contributed by atoms with Gasteiger partial charge in [0, 0.05) is 19.0 Å². The van der Waals surface area contributed by atoms with Gasteiger partial charge in [-0.15, -0.1) is 0 Å². The van der Waals surface area contributed by atoms with E-state index >= 15 is 0 Å². The zero-order chi connectivity index (χ0) is 52.2. The summed E-state index contributed by atoms with van der Waals surface area (Å²) in [4.78, 5) is 61.9. The molecule has 0 aromatic carbocycles. The number of esters is 2. The number of nitrogen functional groups attached to an aromatic ring is 1. The summed E-state index contributed by atoms with van der Waals surface area (Å²) in [7, 11) is -10.9. The number of aromatic nitrogens is 2. The van der Waals surface area contributed by atoms with Crippen LogP contribution < -0.4 is 11.4 Å². The van der Waals surface area contributed by atoms with Crippen LogP contribution in [0.1, 0.15) is 181 Å². The number of ether oxygens (including phenoxy) is 3. The molecule has 0 saturated carbocycles. The Morgan fingerprint density at radius 2 is 1.31 bits per heavy atom. The van der Waals surface area contributed by atoms with E-state index in [0.29, 0.717) is 25.7 Å². The quantitative estimate of drug-likeness (QED) is 0.0117. The number of unbranched alkanes of at least 4 members (excludes halogenated alkanes) is 17. The molecular formula is C50H85N3O16P2.